The highest BCUT2D eigenvalue weighted by Crippen LogP contribution is 2.23. The minimum atomic E-state index is 0.359. The van der Waals surface area contributed by atoms with Gasteiger partial charge in [-0.05, 0) is 12.8 Å². The molecule has 2 heterocycles. The number of rotatable bonds is 3. The van der Waals surface area contributed by atoms with E-state index in [1.807, 2.05) is 17.5 Å². The van der Waals surface area contributed by atoms with Crippen molar-refractivity contribution in [3.8, 4) is 0 Å². The fraction of sp³-hybridized carbons (Fsp3) is 0.333. The second kappa shape index (κ2) is 4.86. The number of imidazole rings is 1. The third-order valence-corrected chi connectivity index (χ3v) is 2.83. The van der Waals surface area contributed by atoms with Crippen LogP contribution >= 0.6 is 11.6 Å². The number of allylic oxidation sites excluding steroid dienone is 1. The number of nitrogens with zero attached hydrogens (tertiary/aromatic N) is 3. The number of halogens is 1. The fourth-order valence-corrected chi connectivity index (χ4v) is 1.90. The van der Waals surface area contributed by atoms with Crippen LogP contribution in [-0.4, -0.2) is 14.4 Å². The summed E-state index contributed by atoms with van der Waals surface area (Å²) in [7, 11) is 0. The molecule has 0 bridgehead atoms. The molecule has 3 N–H and O–H groups in total. The van der Waals surface area contributed by atoms with E-state index >= 15 is 0 Å². The van der Waals surface area contributed by atoms with Gasteiger partial charge in [-0.25, -0.2) is 9.97 Å². The summed E-state index contributed by atoms with van der Waals surface area (Å²) >= 11 is 6.03. The summed E-state index contributed by atoms with van der Waals surface area (Å²) in [5, 5.41) is 3.50. The quantitative estimate of drug-likeness (QED) is 0.895. The maximum Gasteiger partial charge on any atom is 0.180 e. The first-order valence-corrected chi connectivity index (χ1v) is 6.09. The van der Waals surface area contributed by atoms with E-state index in [4.69, 9.17) is 17.3 Å². The van der Waals surface area contributed by atoms with Crippen LogP contribution in [0.4, 0.5) is 5.82 Å². The first kappa shape index (κ1) is 12.7. The van der Waals surface area contributed by atoms with Gasteiger partial charge in [0.2, 0.25) is 0 Å². The molecule has 18 heavy (non-hydrogen) atoms. The number of hydrogen-bond donors (Lipinski definition) is 2. The third kappa shape index (κ3) is 2.26. The molecule has 0 spiro atoms. The van der Waals surface area contributed by atoms with E-state index in [0.29, 0.717) is 16.9 Å². The van der Waals surface area contributed by atoms with Crippen molar-refractivity contribution in [3.63, 3.8) is 0 Å². The molecule has 6 heteroatoms. The molecule has 2 aromatic rings. The number of nitrogens with two attached hydrogens (primary N) is 1. The Morgan fingerprint density at radius 3 is 2.89 bits per heavy atom. The average molecular weight is 266 g/mol. The second-order valence-electron chi connectivity index (χ2n) is 4.42. The standard InChI is InChI=1S/C12H16ClN5/c1-7(2)9-5-15-12-11(16-8(3)4-14)17-10(13)6-18(9)12/h4-7H,14H2,1-3H3,(H,16,17)/b8-4+. The van der Waals surface area contributed by atoms with Gasteiger partial charge in [-0.1, -0.05) is 25.4 Å². The number of aromatic nitrogens is 3. The zero-order valence-electron chi connectivity index (χ0n) is 10.6. The Balaban J connectivity index is 2.60. The zero-order chi connectivity index (χ0) is 13.3. The second-order valence-corrected chi connectivity index (χ2v) is 4.81. The fourth-order valence-electron chi connectivity index (χ4n) is 1.72. The lowest BCUT2D eigenvalue weighted by atomic mass is 10.1. The molecule has 0 amide bonds. The molecule has 96 valence electrons. The van der Waals surface area contributed by atoms with E-state index in [1.54, 1.807) is 6.20 Å². The van der Waals surface area contributed by atoms with Crippen LogP contribution in [0.2, 0.25) is 5.15 Å². The van der Waals surface area contributed by atoms with Crippen LogP contribution in [0, 0.1) is 0 Å². The smallest absolute Gasteiger partial charge is 0.180 e. The highest BCUT2D eigenvalue weighted by atomic mass is 35.5. The van der Waals surface area contributed by atoms with Crippen molar-refractivity contribution in [2.45, 2.75) is 26.7 Å². The Morgan fingerprint density at radius 2 is 2.28 bits per heavy atom. The van der Waals surface area contributed by atoms with E-state index < -0.39 is 0 Å². The third-order valence-electron chi connectivity index (χ3n) is 2.65. The molecule has 0 fully saturated rings. The summed E-state index contributed by atoms with van der Waals surface area (Å²) in [6.07, 6.45) is 5.09. The maximum absolute atomic E-state index is 6.03. The summed E-state index contributed by atoms with van der Waals surface area (Å²) in [5.41, 5.74) is 8.06. The van der Waals surface area contributed by atoms with Crippen molar-refractivity contribution in [1.29, 1.82) is 0 Å². The van der Waals surface area contributed by atoms with Gasteiger partial charge in [-0.15, -0.1) is 0 Å². The van der Waals surface area contributed by atoms with Gasteiger partial charge in [0.25, 0.3) is 0 Å². The van der Waals surface area contributed by atoms with Crippen LogP contribution in [0.5, 0.6) is 0 Å². The minimum absolute atomic E-state index is 0.359. The van der Waals surface area contributed by atoms with Gasteiger partial charge in [0.05, 0.1) is 0 Å². The Kier molecular flexibility index (Phi) is 3.43. The predicted molar refractivity (Wildman–Crippen MR) is 73.7 cm³/mol. The molecule has 0 saturated heterocycles. The molecular formula is C12H16ClN5. The Bertz CT molecular complexity index is 600. The molecular weight excluding hydrogens is 250 g/mol. The number of anilines is 1. The van der Waals surface area contributed by atoms with Gasteiger partial charge >= 0.3 is 0 Å². The lowest BCUT2D eigenvalue weighted by Gasteiger charge is -2.09. The molecule has 5 nitrogen and oxygen atoms in total. The summed E-state index contributed by atoms with van der Waals surface area (Å²) in [6, 6.07) is 0. The summed E-state index contributed by atoms with van der Waals surface area (Å²) in [5.74, 6) is 0.964. The SMILES string of the molecule is C/C(=C\N)Nc1nc(Cl)cn2c(C(C)C)cnc12. The van der Waals surface area contributed by atoms with Gasteiger partial charge in [-0.2, -0.15) is 0 Å². The highest BCUT2D eigenvalue weighted by Gasteiger charge is 2.12. The van der Waals surface area contributed by atoms with Crippen molar-refractivity contribution in [2.24, 2.45) is 5.73 Å². The molecule has 2 rings (SSSR count). The molecule has 0 aliphatic heterocycles. The van der Waals surface area contributed by atoms with Crippen LogP contribution in [-0.2, 0) is 0 Å². The summed E-state index contributed by atoms with van der Waals surface area (Å²) in [6.45, 7) is 6.07. The minimum Gasteiger partial charge on any atom is -0.403 e. The normalized spacial score (nSPS) is 12.4. The van der Waals surface area contributed by atoms with Crippen LogP contribution in [0.15, 0.2) is 24.3 Å². The molecule has 0 atom stereocenters. The monoisotopic (exact) mass is 265 g/mol. The van der Waals surface area contributed by atoms with Gasteiger partial charge in [0.15, 0.2) is 11.5 Å². The van der Waals surface area contributed by atoms with E-state index in [0.717, 1.165) is 17.0 Å². The lowest BCUT2D eigenvalue weighted by Crippen LogP contribution is -2.04. The van der Waals surface area contributed by atoms with Crippen molar-refractivity contribution >= 4 is 23.1 Å². The van der Waals surface area contributed by atoms with E-state index in [1.165, 1.54) is 6.20 Å². The zero-order valence-corrected chi connectivity index (χ0v) is 11.4. The Labute approximate surface area is 111 Å². The topological polar surface area (TPSA) is 68.2 Å². The van der Waals surface area contributed by atoms with Crippen molar-refractivity contribution in [3.05, 3.63) is 35.1 Å². The van der Waals surface area contributed by atoms with Crippen LogP contribution in [0.1, 0.15) is 32.4 Å². The van der Waals surface area contributed by atoms with Crippen molar-refractivity contribution in [2.75, 3.05) is 5.32 Å². The van der Waals surface area contributed by atoms with Gasteiger partial charge in [0.1, 0.15) is 5.15 Å². The van der Waals surface area contributed by atoms with Gasteiger partial charge in [-0.3, -0.25) is 4.40 Å². The number of hydrogen-bond acceptors (Lipinski definition) is 4. The largest absolute Gasteiger partial charge is 0.403 e. The van der Waals surface area contributed by atoms with Crippen LogP contribution in [0.25, 0.3) is 5.65 Å². The molecule has 0 aliphatic carbocycles. The van der Waals surface area contributed by atoms with Gasteiger partial charge < -0.3 is 11.1 Å². The van der Waals surface area contributed by atoms with Crippen molar-refractivity contribution in [1.82, 2.24) is 14.4 Å². The summed E-state index contributed by atoms with van der Waals surface area (Å²) < 4.78 is 1.95. The maximum atomic E-state index is 6.03. The first-order valence-electron chi connectivity index (χ1n) is 5.72. The predicted octanol–water partition coefficient (Wildman–Crippen LogP) is 2.74. The molecule has 0 radical (unpaired) electrons. The number of nitrogens with one attached hydrogen (secondary N) is 1. The van der Waals surface area contributed by atoms with E-state index in [-0.39, 0.29) is 0 Å². The average Bonchev–Trinajstić information content (AvgIpc) is 2.72. The Morgan fingerprint density at radius 1 is 1.56 bits per heavy atom. The first-order chi connectivity index (χ1) is 8.52. The summed E-state index contributed by atoms with van der Waals surface area (Å²) in [4.78, 5) is 8.62. The number of fused-ring (bicyclic) bond motifs is 1. The highest BCUT2D eigenvalue weighted by molar-refractivity contribution is 6.29. The van der Waals surface area contributed by atoms with Crippen LogP contribution < -0.4 is 11.1 Å². The molecule has 0 unspecified atom stereocenters. The Hall–Kier alpha value is -1.75. The van der Waals surface area contributed by atoms with Gasteiger partial charge in [0, 0.05) is 30.0 Å². The molecule has 0 saturated carbocycles. The lowest BCUT2D eigenvalue weighted by molar-refractivity contribution is 0.807. The van der Waals surface area contributed by atoms with E-state index in [2.05, 4.69) is 29.1 Å². The molecule has 0 aliphatic rings. The van der Waals surface area contributed by atoms with Crippen LogP contribution in [0.3, 0.4) is 0 Å². The van der Waals surface area contributed by atoms with Crippen molar-refractivity contribution < 1.29 is 0 Å². The molecule has 0 aromatic carbocycles. The molecule has 2 aromatic heterocycles. The van der Waals surface area contributed by atoms with E-state index in [9.17, 15) is 0 Å².